The highest BCUT2D eigenvalue weighted by Crippen LogP contribution is 2.04. The summed E-state index contributed by atoms with van der Waals surface area (Å²) in [4.78, 5) is 22.1. The number of carbonyl (C=O) groups is 1. The van der Waals surface area contributed by atoms with Crippen LogP contribution in [0, 0.1) is 0 Å². The first-order valence-corrected chi connectivity index (χ1v) is 7.54. The Morgan fingerprint density at radius 1 is 1.60 bits per heavy atom. The van der Waals surface area contributed by atoms with Gasteiger partial charge in [0, 0.05) is 13.1 Å². The van der Waals surface area contributed by atoms with Gasteiger partial charge in [0.1, 0.15) is 0 Å². The summed E-state index contributed by atoms with van der Waals surface area (Å²) in [6.45, 7) is 0. The molecule has 9 nitrogen and oxygen atoms in total. The van der Waals surface area contributed by atoms with Crippen LogP contribution in [0.25, 0.3) is 6.08 Å². The Morgan fingerprint density at radius 2 is 2.35 bits per heavy atom. The lowest BCUT2D eigenvalue weighted by molar-refractivity contribution is -0.113. The number of nitrogens with zero attached hydrogens (tertiary/aromatic N) is 4. The quantitative estimate of drug-likeness (QED) is 0.700. The van der Waals surface area contributed by atoms with Crippen molar-refractivity contribution < 1.29 is 13.2 Å². The molecule has 2 aromatic heterocycles. The van der Waals surface area contributed by atoms with Crippen molar-refractivity contribution in [3.63, 3.8) is 0 Å². The third-order valence-corrected chi connectivity index (χ3v) is 4.37. The van der Waals surface area contributed by atoms with Gasteiger partial charge >= 0.3 is 0 Å². The lowest BCUT2D eigenvalue weighted by Crippen LogP contribution is -2.14. The minimum absolute atomic E-state index is 0.133. The highest BCUT2D eigenvalue weighted by Gasteiger charge is 2.14. The Labute approximate surface area is 117 Å². The van der Waals surface area contributed by atoms with Gasteiger partial charge in [0.15, 0.2) is 0 Å². The summed E-state index contributed by atoms with van der Waals surface area (Å²) in [5.41, 5.74) is 0.646. The van der Waals surface area contributed by atoms with Gasteiger partial charge in [-0.05, 0) is 6.08 Å². The van der Waals surface area contributed by atoms with E-state index in [1.165, 1.54) is 36.4 Å². The average molecular weight is 314 g/mol. The van der Waals surface area contributed by atoms with E-state index in [9.17, 15) is 13.2 Å². The normalized spacial score (nSPS) is 13.2. The number of imidazole rings is 1. The Bertz CT molecular complexity index is 812. The van der Waals surface area contributed by atoms with Gasteiger partial charge in [-0.25, -0.2) is 23.2 Å². The van der Waals surface area contributed by atoms with Crippen LogP contribution in [-0.4, -0.2) is 34.1 Å². The molecule has 0 spiro atoms. The highest BCUT2D eigenvalue weighted by atomic mass is 32.2. The number of amides is 1. The Kier molecular flexibility index (Phi) is 3.92. The van der Waals surface area contributed by atoms with Crippen molar-refractivity contribution in [1.29, 1.82) is 0 Å². The first-order chi connectivity index (χ1) is 9.36. The lowest BCUT2D eigenvalue weighted by atomic mass is 10.4. The molecule has 0 aliphatic heterocycles. The number of nitrogens with two attached hydrogens (primary N) is 1. The first-order valence-electron chi connectivity index (χ1n) is 5.18. The molecule has 0 aliphatic carbocycles. The fraction of sp³-hybridized carbons (Fsp3) is 0.111. The van der Waals surface area contributed by atoms with E-state index in [0.717, 1.165) is 0 Å². The topological polar surface area (TPSA) is 136 Å². The van der Waals surface area contributed by atoms with Gasteiger partial charge in [0.05, 0.1) is 18.2 Å². The zero-order chi connectivity index (χ0) is 14.8. The number of carbonyl (C=O) groups excluding carboxylic acids is 1. The Morgan fingerprint density at radius 3 is 2.90 bits per heavy atom. The molecule has 1 amide bonds. The van der Waals surface area contributed by atoms with Crippen LogP contribution < -0.4 is 9.94 Å². The van der Waals surface area contributed by atoms with Gasteiger partial charge in [-0.15, -0.1) is 5.10 Å². The second kappa shape index (κ2) is 5.48. The van der Waals surface area contributed by atoms with Crippen LogP contribution in [0.1, 0.15) is 5.69 Å². The lowest BCUT2D eigenvalue weighted by Gasteiger charge is -1.87. The van der Waals surface area contributed by atoms with Crippen molar-refractivity contribution in [3.8, 4) is 0 Å². The van der Waals surface area contributed by atoms with Crippen LogP contribution in [-0.2, 0) is 21.9 Å². The van der Waals surface area contributed by atoms with Crippen molar-refractivity contribution in [1.82, 2.24) is 19.7 Å². The first kappa shape index (κ1) is 14.3. The maximum absolute atomic E-state index is 11.6. The molecule has 0 aromatic carbocycles. The zero-order valence-electron chi connectivity index (χ0n) is 10.2. The Balaban J connectivity index is 2.27. The molecular formula is C9H10N6O3S2. The summed E-state index contributed by atoms with van der Waals surface area (Å²) >= 11 is 0.715. The fourth-order valence-electron chi connectivity index (χ4n) is 1.19. The molecule has 11 heteroatoms. The molecule has 2 rings (SSSR count). The molecule has 2 aromatic rings. The molecule has 0 atom stereocenters. The molecule has 0 radical (unpaired) electrons. The van der Waals surface area contributed by atoms with Crippen molar-refractivity contribution in [2.45, 2.75) is 4.34 Å². The summed E-state index contributed by atoms with van der Waals surface area (Å²) in [5.74, 6) is -0.556. The third kappa shape index (κ3) is 3.46. The molecule has 2 heterocycles. The Hall–Kier alpha value is -2.11. The van der Waals surface area contributed by atoms with E-state index in [-0.39, 0.29) is 9.14 Å². The molecule has 0 aliphatic rings. The van der Waals surface area contributed by atoms with E-state index in [0.29, 0.717) is 17.0 Å². The summed E-state index contributed by atoms with van der Waals surface area (Å²) < 4.78 is 23.1. The number of primary sulfonamides is 1. The number of aromatic amines is 1. The van der Waals surface area contributed by atoms with Gasteiger partial charge in [-0.2, -0.15) is 4.99 Å². The van der Waals surface area contributed by atoms with Crippen molar-refractivity contribution in [2.75, 3.05) is 0 Å². The number of H-pyrrole nitrogens is 1. The van der Waals surface area contributed by atoms with Gasteiger partial charge in [-0.1, -0.05) is 11.3 Å². The molecule has 106 valence electrons. The third-order valence-electron chi connectivity index (χ3n) is 2.06. The van der Waals surface area contributed by atoms with Gasteiger partial charge < -0.3 is 4.98 Å². The maximum atomic E-state index is 11.6. The number of rotatable bonds is 3. The summed E-state index contributed by atoms with van der Waals surface area (Å²) in [7, 11) is -2.44. The van der Waals surface area contributed by atoms with Gasteiger partial charge in [0.25, 0.3) is 15.9 Å². The predicted molar refractivity (Wildman–Crippen MR) is 70.6 cm³/mol. The van der Waals surface area contributed by atoms with Crippen LogP contribution >= 0.6 is 11.3 Å². The molecule has 0 saturated carbocycles. The van der Waals surface area contributed by atoms with Crippen LogP contribution in [0.5, 0.6) is 0 Å². The second-order valence-corrected chi connectivity index (χ2v) is 6.30. The van der Waals surface area contributed by atoms with Crippen molar-refractivity contribution >= 4 is 33.3 Å². The molecule has 0 saturated heterocycles. The number of hydrogen-bond donors (Lipinski definition) is 2. The minimum Gasteiger partial charge on any atom is -0.345 e. The minimum atomic E-state index is -3.90. The number of nitrogens with one attached hydrogen (secondary N) is 1. The fourth-order valence-corrected chi connectivity index (χ4v) is 2.74. The van der Waals surface area contributed by atoms with E-state index in [1.54, 1.807) is 0 Å². The zero-order valence-corrected chi connectivity index (χ0v) is 11.8. The standard InChI is InChI=1S/C9H10N6O3S2/c1-15-8(19-9(14-15)20(10,17)18)13-7(16)3-2-6-4-11-5-12-6/h2-5H,1H3,(H,11,12)(H2,10,17,18). The SMILES string of the molecule is Cn1nc(S(N)(=O)=O)sc1=NC(=O)C=Cc1cnc[nH]1. The van der Waals surface area contributed by atoms with E-state index >= 15 is 0 Å². The maximum Gasteiger partial charge on any atom is 0.272 e. The van der Waals surface area contributed by atoms with Crippen LogP contribution in [0.4, 0.5) is 0 Å². The van der Waals surface area contributed by atoms with Crippen LogP contribution in [0.3, 0.4) is 0 Å². The van der Waals surface area contributed by atoms with E-state index in [1.807, 2.05) is 0 Å². The second-order valence-electron chi connectivity index (χ2n) is 3.61. The van der Waals surface area contributed by atoms with E-state index in [2.05, 4.69) is 20.1 Å². The highest BCUT2D eigenvalue weighted by molar-refractivity contribution is 7.91. The van der Waals surface area contributed by atoms with Crippen molar-refractivity contribution in [2.24, 2.45) is 17.2 Å². The monoisotopic (exact) mass is 314 g/mol. The number of aryl methyl sites for hydroxylation is 1. The van der Waals surface area contributed by atoms with Crippen LogP contribution in [0.15, 0.2) is 27.9 Å². The van der Waals surface area contributed by atoms with Crippen molar-refractivity contribution in [3.05, 3.63) is 29.1 Å². The summed E-state index contributed by atoms with van der Waals surface area (Å²) in [5, 5.41) is 8.63. The number of sulfonamides is 1. The van der Waals surface area contributed by atoms with Gasteiger partial charge in [0.2, 0.25) is 9.14 Å². The van der Waals surface area contributed by atoms with Crippen LogP contribution in [0.2, 0.25) is 0 Å². The van der Waals surface area contributed by atoms with E-state index in [4.69, 9.17) is 5.14 Å². The molecular weight excluding hydrogens is 304 g/mol. The van der Waals surface area contributed by atoms with E-state index < -0.39 is 15.9 Å². The number of aromatic nitrogens is 4. The predicted octanol–water partition coefficient (Wildman–Crippen LogP) is -1.01. The molecule has 0 unspecified atom stereocenters. The molecule has 0 fully saturated rings. The smallest absolute Gasteiger partial charge is 0.272 e. The molecule has 20 heavy (non-hydrogen) atoms. The number of hydrogen-bond acceptors (Lipinski definition) is 6. The summed E-state index contributed by atoms with van der Waals surface area (Å²) in [6.07, 6.45) is 5.74. The molecule has 0 bridgehead atoms. The summed E-state index contributed by atoms with van der Waals surface area (Å²) in [6, 6.07) is 0. The largest absolute Gasteiger partial charge is 0.345 e. The molecule has 3 N–H and O–H groups in total. The average Bonchev–Trinajstić information content (AvgIpc) is 2.96. The van der Waals surface area contributed by atoms with Gasteiger partial charge in [-0.3, -0.25) is 4.79 Å².